The number of rotatable bonds is 8. The van der Waals surface area contributed by atoms with Crippen molar-refractivity contribution in [2.24, 2.45) is 0 Å². The predicted octanol–water partition coefficient (Wildman–Crippen LogP) is 4.95. The van der Waals surface area contributed by atoms with Crippen LogP contribution in [0.5, 0.6) is 0 Å². The van der Waals surface area contributed by atoms with Gasteiger partial charge in [-0.2, -0.15) is 0 Å². The summed E-state index contributed by atoms with van der Waals surface area (Å²) in [6.07, 6.45) is 0.780. The normalized spacial score (nSPS) is 12.3. The molecule has 0 unspecified atom stereocenters. The minimum Gasteiger partial charge on any atom is -0.326 e. The summed E-state index contributed by atoms with van der Waals surface area (Å²) in [4.78, 5) is 12.3. The molecule has 0 bridgehead atoms. The van der Waals surface area contributed by atoms with Crippen LogP contribution in [0.4, 0.5) is 5.69 Å². The molecule has 0 aromatic heterocycles. The number of carbonyl (C=O) groups is 1. The summed E-state index contributed by atoms with van der Waals surface area (Å²) in [7, 11) is -3.64. The van der Waals surface area contributed by atoms with Crippen LogP contribution in [0, 0.1) is 0 Å². The fraction of sp³-hybridized carbons (Fsp3) is 0.174. The third-order valence-corrected chi connectivity index (χ3v) is 6.41. The number of benzene rings is 3. The molecular formula is C23H23ClN2O3S. The molecule has 3 aromatic rings. The second-order valence-electron chi connectivity index (χ2n) is 6.96. The van der Waals surface area contributed by atoms with Gasteiger partial charge >= 0.3 is 0 Å². The Morgan fingerprint density at radius 2 is 1.67 bits per heavy atom. The highest BCUT2D eigenvalue weighted by atomic mass is 35.5. The number of anilines is 1. The number of hydrogen-bond donors (Lipinski definition) is 2. The van der Waals surface area contributed by atoms with Gasteiger partial charge in [-0.3, -0.25) is 4.79 Å². The molecule has 0 saturated heterocycles. The van der Waals surface area contributed by atoms with E-state index in [1.54, 1.807) is 55.5 Å². The van der Waals surface area contributed by atoms with Crippen molar-refractivity contribution < 1.29 is 13.2 Å². The second-order valence-corrected chi connectivity index (χ2v) is 9.11. The maximum absolute atomic E-state index is 12.6. The van der Waals surface area contributed by atoms with Crippen molar-refractivity contribution in [3.05, 3.63) is 95.0 Å². The van der Waals surface area contributed by atoms with Crippen LogP contribution in [-0.2, 0) is 21.2 Å². The molecule has 0 aliphatic carbocycles. The van der Waals surface area contributed by atoms with Crippen molar-refractivity contribution >= 4 is 33.2 Å². The highest BCUT2D eigenvalue weighted by Gasteiger charge is 2.18. The van der Waals surface area contributed by atoms with Gasteiger partial charge < -0.3 is 5.32 Å². The molecule has 1 atom stereocenters. The fourth-order valence-corrected chi connectivity index (χ4v) is 4.42. The number of amides is 1. The first-order valence-electron chi connectivity index (χ1n) is 9.55. The van der Waals surface area contributed by atoms with Crippen LogP contribution in [0.25, 0.3) is 0 Å². The summed E-state index contributed by atoms with van der Waals surface area (Å²) < 4.78 is 28.0. The third-order valence-electron chi connectivity index (χ3n) is 4.61. The lowest BCUT2D eigenvalue weighted by Gasteiger charge is -2.15. The zero-order chi connectivity index (χ0) is 21.6. The first-order valence-corrected chi connectivity index (χ1v) is 11.4. The van der Waals surface area contributed by atoms with Gasteiger partial charge in [-0.15, -0.1) is 0 Å². The molecular weight excluding hydrogens is 420 g/mol. The minimum atomic E-state index is -3.64. The van der Waals surface area contributed by atoms with Crippen molar-refractivity contribution in [1.82, 2.24) is 4.72 Å². The Balaban J connectivity index is 1.56. The predicted molar refractivity (Wildman–Crippen MR) is 120 cm³/mol. The number of halogens is 1. The molecule has 7 heteroatoms. The summed E-state index contributed by atoms with van der Waals surface area (Å²) in [6.45, 7) is 1.81. The molecule has 0 aliphatic heterocycles. The van der Waals surface area contributed by atoms with E-state index in [4.69, 9.17) is 11.6 Å². The van der Waals surface area contributed by atoms with Crippen molar-refractivity contribution in [2.75, 3.05) is 5.32 Å². The standard InChI is InChI=1S/C23H23ClN2O3S/c1-17(19-6-3-2-4-7-19)26-30(28,29)22-13-10-18(11-14-22)12-15-23(27)25-21-9-5-8-20(24)16-21/h2-11,13-14,16-17,26H,12,15H2,1H3,(H,25,27)/t17-/m0/s1. The number of hydrogen-bond acceptors (Lipinski definition) is 3. The molecule has 0 radical (unpaired) electrons. The van der Waals surface area contributed by atoms with Gasteiger partial charge in [0.25, 0.3) is 0 Å². The average Bonchev–Trinajstić information content (AvgIpc) is 2.73. The molecule has 5 nitrogen and oxygen atoms in total. The summed E-state index contributed by atoms with van der Waals surface area (Å²) in [5.74, 6) is -0.132. The smallest absolute Gasteiger partial charge is 0.241 e. The molecule has 0 aliphatic rings. The summed E-state index contributed by atoms with van der Waals surface area (Å²) in [6, 6.07) is 22.6. The maximum Gasteiger partial charge on any atom is 0.241 e. The minimum absolute atomic E-state index is 0.132. The van der Waals surface area contributed by atoms with E-state index in [1.165, 1.54) is 0 Å². The molecule has 2 N–H and O–H groups in total. The van der Waals surface area contributed by atoms with E-state index in [-0.39, 0.29) is 23.3 Å². The van der Waals surface area contributed by atoms with Crippen molar-refractivity contribution in [3.8, 4) is 0 Å². The lowest BCUT2D eigenvalue weighted by atomic mass is 10.1. The second kappa shape index (κ2) is 9.89. The highest BCUT2D eigenvalue weighted by molar-refractivity contribution is 7.89. The van der Waals surface area contributed by atoms with Gasteiger partial charge in [0, 0.05) is 23.2 Å². The monoisotopic (exact) mass is 442 g/mol. The van der Waals surface area contributed by atoms with Gasteiger partial charge in [-0.05, 0) is 54.8 Å². The van der Waals surface area contributed by atoms with Crippen molar-refractivity contribution in [1.29, 1.82) is 0 Å². The largest absolute Gasteiger partial charge is 0.326 e. The SMILES string of the molecule is C[C@H](NS(=O)(=O)c1ccc(CCC(=O)Nc2cccc(Cl)c2)cc1)c1ccccc1. The van der Waals surface area contributed by atoms with Gasteiger partial charge in [0.15, 0.2) is 0 Å². The molecule has 0 spiro atoms. The Morgan fingerprint density at radius 3 is 2.33 bits per heavy atom. The molecule has 1 amide bonds. The quantitative estimate of drug-likeness (QED) is 0.518. The topological polar surface area (TPSA) is 75.3 Å². The van der Waals surface area contributed by atoms with E-state index < -0.39 is 10.0 Å². The zero-order valence-electron chi connectivity index (χ0n) is 16.5. The van der Waals surface area contributed by atoms with Crippen molar-refractivity contribution in [3.63, 3.8) is 0 Å². The lowest BCUT2D eigenvalue weighted by Crippen LogP contribution is -2.26. The molecule has 0 saturated carbocycles. The molecule has 0 fully saturated rings. The number of aryl methyl sites for hydroxylation is 1. The van der Waals surface area contributed by atoms with E-state index >= 15 is 0 Å². The lowest BCUT2D eigenvalue weighted by molar-refractivity contribution is -0.116. The Kier molecular flexibility index (Phi) is 7.26. The van der Waals surface area contributed by atoms with Crippen LogP contribution in [0.3, 0.4) is 0 Å². The summed E-state index contributed by atoms with van der Waals surface area (Å²) >= 11 is 5.91. The van der Waals surface area contributed by atoms with E-state index in [0.29, 0.717) is 17.1 Å². The first-order chi connectivity index (χ1) is 14.3. The van der Waals surface area contributed by atoms with E-state index in [1.807, 2.05) is 30.3 Å². The molecule has 3 aromatic carbocycles. The van der Waals surface area contributed by atoms with Crippen molar-refractivity contribution in [2.45, 2.75) is 30.7 Å². The highest BCUT2D eigenvalue weighted by Crippen LogP contribution is 2.18. The Labute approximate surface area is 182 Å². The van der Waals surface area contributed by atoms with Gasteiger partial charge in [0.1, 0.15) is 0 Å². The van der Waals surface area contributed by atoms with Crippen LogP contribution in [0.15, 0.2) is 83.8 Å². The van der Waals surface area contributed by atoms with Gasteiger partial charge in [-0.25, -0.2) is 13.1 Å². The molecule has 3 rings (SSSR count). The molecule has 156 valence electrons. The Bertz CT molecular complexity index is 1100. The number of carbonyl (C=O) groups excluding carboxylic acids is 1. The fourth-order valence-electron chi connectivity index (χ4n) is 2.99. The Hall–Kier alpha value is -2.67. The van der Waals surface area contributed by atoms with E-state index in [0.717, 1.165) is 11.1 Å². The average molecular weight is 443 g/mol. The summed E-state index contributed by atoms with van der Waals surface area (Å²) in [5, 5.41) is 3.35. The third kappa shape index (κ3) is 6.16. The first kappa shape index (κ1) is 22.0. The van der Waals surface area contributed by atoms with E-state index in [2.05, 4.69) is 10.0 Å². The number of nitrogens with one attached hydrogen (secondary N) is 2. The van der Waals surface area contributed by atoms with Crippen LogP contribution < -0.4 is 10.0 Å². The van der Waals surface area contributed by atoms with Crippen LogP contribution in [-0.4, -0.2) is 14.3 Å². The maximum atomic E-state index is 12.6. The number of sulfonamides is 1. The van der Waals surface area contributed by atoms with Crippen LogP contribution >= 0.6 is 11.6 Å². The van der Waals surface area contributed by atoms with Crippen LogP contribution in [0.1, 0.15) is 30.5 Å². The van der Waals surface area contributed by atoms with Gasteiger partial charge in [0.2, 0.25) is 15.9 Å². The van der Waals surface area contributed by atoms with Gasteiger partial charge in [-0.1, -0.05) is 60.1 Å². The molecule has 30 heavy (non-hydrogen) atoms. The van der Waals surface area contributed by atoms with E-state index in [9.17, 15) is 13.2 Å². The summed E-state index contributed by atoms with van der Waals surface area (Å²) in [5.41, 5.74) is 2.42. The Morgan fingerprint density at radius 1 is 0.967 bits per heavy atom. The van der Waals surface area contributed by atoms with Gasteiger partial charge in [0.05, 0.1) is 4.90 Å². The van der Waals surface area contributed by atoms with Crippen LogP contribution in [0.2, 0.25) is 5.02 Å². The molecule has 0 heterocycles. The zero-order valence-corrected chi connectivity index (χ0v) is 18.1.